The van der Waals surface area contributed by atoms with Crippen molar-refractivity contribution in [3.8, 4) is 0 Å². The molecule has 0 radical (unpaired) electrons. The predicted octanol–water partition coefficient (Wildman–Crippen LogP) is 3.39. The number of hydrogen-bond donors (Lipinski definition) is 3. The molecule has 0 aliphatic heterocycles. The molecule has 1 heterocycles. The quantitative estimate of drug-likeness (QED) is 0.591. The highest BCUT2D eigenvalue weighted by atomic mass is 35.5. The normalized spacial score (nSPS) is 11.1. The van der Waals surface area contributed by atoms with Gasteiger partial charge in [0, 0.05) is 11.4 Å². The Kier molecular flexibility index (Phi) is 5.53. The Morgan fingerprint density at radius 3 is 2.50 bits per heavy atom. The van der Waals surface area contributed by atoms with E-state index in [1.54, 1.807) is 31.2 Å². The molecule has 0 saturated heterocycles. The molecule has 0 spiro atoms. The summed E-state index contributed by atoms with van der Waals surface area (Å²) in [5.41, 5.74) is 0.492. The van der Waals surface area contributed by atoms with Crippen LogP contribution in [-0.2, 0) is 10.0 Å². The van der Waals surface area contributed by atoms with Gasteiger partial charge >= 0.3 is 0 Å². The van der Waals surface area contributed by atoms with Gasteiger partial charge in [-0.05, 0) is 49.4 Å². The number of H-pyrrole nitrogens is 1. The summed E-state index contributed by atoms with van der Waals surface area (Å²) in [5.74, 6) is -0.644. The van der Waals surface area contributed by atoms with Crippen LogP contribution < -0.4 is 15.6 Å². The molecule has 9 heteroatoms. The van der Waals surface area contributed by atoms with E-state index in [4.69, 9.17) is 11.6 Å². The average molecular weight is 418 g/mol. The van der Waals surface area contributed by atoms with Gasteiger partial charge in [0.1, 0.15) is 5.56 Å². The molecular formula is C19H16ClN3O4S. The van der Waals surface area contributed by atoms with Crippen LogP contribution in [0.1, 0.15) is 16.1 Å². The third-order valence-corrected chi connectivity index (χ3v) is 5.51. The van der Waals surface area contributed by atoms with E-state index in [2.05, 4.69) is 15.0 Å². The second kappa shape index (κ2) is 7.87. The number of anilines is 2. The highest BCUT2D eigenvalue weighted by Gasteiger charge is 2.17. The van der Waals surface area contributed by atoms with Crippen molar-refractivity contribution in [1.29, 1.82) is 0 Å². The maximum absolute atomic E-state index is 12.6. The van der Waals surface area contributed by atoms with Gasteiger partial charge in [-0.15, -0.1) is 0 Å². The van der Waals surface area contributed by atoms with E-state index >= 15 is 0 Å². The number of aromatic nitrogens is 1. The van der Waals surface area contributed by atoms with Crippen molar-refractivity contribution in [3.63, 3.8) is 0 Å². The topological polar surface area (TPSA) is 108 Å². The fourth-order valence-corrected chi connectivity index (χ4v) is 3.80. The van der Waals surface area contributed by atoms with Gasteiger partial charge in [-0.3, -0.25) is 14.3 Å². The Morgan fingerprint density at radius 1 is 1.04 bits per heavy atom. The summed E-state index contributed by atoms with van der Waals surface area (Å²) in [6.45, 7) is 1.70. The van der Waals surface area contributed by atoms with Crippen molar-refractivity contribution in [2.75, 3.05) is 10.0 Å². The highest BCUT2D eigenvalue weighted by Crippen LogP contribution is 2.25. The van der Waals surface area contributed by atoms with Gasteiger partial charge in [0.15, 0.2) is 0 Å². The average Bonchev–Trinajstić information content (AvgIpc) is 2.63. The summed E-state index contributed by atoms with van der Waals surface area (Å²) in [7, 11) is -3.93. The SMILES string of the molecule is Cc1ccc(C(=O)Nc2cccc(S(=O)(=O)Nc3ccccc3Cl)c2)c(=O)[nH]1. The minimum atomic E-state index is -3.93. The number of aryl methyl sites for hydroxylation is 1. The van der Waals surface area contributed by atoms with Gasteiger partial charge in [0.2, 0.25) is 0 Å². The number of aromatic amines is 1. The molecule has 1 aromatic heterocycles. The lowest BCUT2D eigenvalue weighted by Gasteiger charge is -2.11. The molecule has 28 heavy (non-hydrogen) atoms. The summed E-state index contributed by atoms with van der Waals surface area (Å²) in [4.78, 5) is 26.7. The lowest BCUT2D eigenvalue weighted by molar-refractivity contribution is 0.102. The molecule has 0 aliphatic carbocycles. The first-order valence-electron chi connectivity index (χ1n) is 8.15. The summed E-state index contributed by atoms with van der Waals surface area (Å²) in [6, 6.07) is 15.1. The fourth-order valence-electron chi connectivity index (χ4n) is 2.44. The summed E-state index contributed by atoms with van der Waals surface area (Å²) in [6.07, 6.45) is 0. The zero-order valence-electron chi connectivity index (χ0n) is 14.7. The molecule has 3 rings (SSSR count). The van der Waals surface area contributed by atoms with Gasteiger partial charge in [-0.1, -0.05) is 29.8 Å². The number of carbonyl (C=O) groups is 1. The number of hydrogen-bond acceptors (Lipinski definition) is 4. The lowest BCUT2D eigenvalue weighted by atomic mass is 10.2. The molecule has 7 nitrogen and oxygen atoms in total. The smallest absolute Gasteiger partial charge is 0.262 e. The monoisotopic (exact) mass is 417 g/mol. The van der Waals surface area contributed by atoms with Crippen LogP contribution in [0.3, 0.4) is 0 Å². The van der Waals surface area contributed by atoms with Gasteiger partial charge in [0.05, 0.1) is 15.6 Å². The largest absolute Gasteiger partial charge is 0.326 e. The van der Waals surface area contributed by atoms with E-state index in [1.165, 1.54) is 36.4 Å². The molecule has 0 bridgehead atoms. The number of carbonyl (C=O) groups excluding carboxylic acids is 1. The van der Waals surface area contributed by atoms with Gasteiger partial charge in [-0.2, -0.15) is 0 Å². The van der Waals surface area contributed by atoms with Crippen molar-refractivity contribution >= 4 is 38.9 Å². The predicted molar refractivity (Wildman–Crippen MR) is 108 cm³/mol. The number of para-hydroxylation sites is 1. The second-order valence-electron chi connectivity index (χ2n) is 5.95. The molecule has 0 fully saturated rings. The van der Waals surface area contributed by atoms with E-state index in [-0.39, 0.29) is 26.9 Å². The number of nitrogens with one attached hydrogen (secondary N) is 3. The molecule has 0 atom stereocenters. The van der Waals surface area contributed by atoms with E-state index in [0.717, 1.165) is 0 Å². The van der Waals surface area contributed by atoms with Crippen molar-refractivity contribution in [1.82, 2.24) is 4.98 Å². The van der Waals surface area contributed by atoms with Crippen molar-refractivity contribution in [2.45, 2.75) is 11.8 Å². The van der Waals surface area contributed by atoms with Crippen LogP contribution >= 0.6 is 11.6 Å². The summed E-state index contributed by atoms with van der Waals surface area (Å²) in [5, 5.41) is 2.79. The zero-order valence-corrected chi connectivity index (χ0v) is 16.3. The van der Waals surface area contributed by atoms with Gasteiger partial charge in [0.25, 0.3) is 21.5 Å². The molecule has 2 aromatic carbocycles. The summed E-state index contributed by atoms with van der Waals surface area (Å²) >= 11 is 6.00. The Morgan fingerprint density at radius 2 is 1.79 bits per heavy atom. The van der Waals surface area contributed by atoms with Crippen LogP contribution in [0.5, 0.6) is 0 Å². The first-order valence-corrected chi connectivity index (χ1v) is 10.0. The molecular weight excluding hydrogens is 402 g/mol. The number of rotatable bonds is 5. The fraction of sp³-hybridized carbons (Fsp3) is 0.0526. The number of benzene rings is 2. The Balaban J connectivity index is 1.84. The number of sulfonamides is 1. The van der Waals surface area contributed by atoms with E-state index < -0.39 is 21.5 Å². The van der Waals surface area contributed by atoms with E-state index in [1.807, 2.05) is 0 Å². The Hall–Kier alpha value is -3.10. The third kappa shape index (κ3) is 4.41. The number of halogens is 1. The van der Waals surface area contributed by atoms with Crippen LogP contribution in [0.25, 0.3) is 0 Å². The Bertz CT molecular complexity index is 1210. The molecule has 3 N–H and O–H groups in total. The maximum Gasteiger partial charge on any atom is 0.262 e. The molecule has 0 aliphatic rings. The van der Waals surface area contributed by atoms with Crippen LogP contribution in [0.4, 0.5) is 11.4 Å². The van der Waals surface area contributed by atoms with Crippen molar-refractivity contribution in [2.24, 2.45) is 0 Å². The number of pyridine rings is 1. The lowest BCUT2D eigenvalue weighted by Crippen LogP contribution is -2.23. The number of amides is 1. The standard InChI is InChI=1S/C19H16ClN3O4S/c1-12-9-10-15(18(24)21-12)19(25)22-13-5-4-6-14(11-13)28(26,27)23-17-8-3-2-7-16(17)20/h2-11,23H,1H3,(H,21,24)(H,22,25). The molecule has 0 unspecified atom stereocenters. The molecule has 3 aromatic rings. The summed E-state index contributed by atoms with van der Waals surface area (Å²) < 4.78 is 27.6. The maximum atomic E-state index is 12.6. The van der Waals surface area contributed by atoms with Crippen LogP contribution in [0.2, 0.25) is 5.02 Å². The first-order chi connectivity index (χ1) is 13.3. The van der Waals surface area contributed by atoms with Gasteiger partial charge < -0.3 is 10.3 Å². The minimum absolute atomic E-state index is 0.0666. The zero-order chi connectivity index (χ0) is 20.3. The van der Waals surface area contributed by atoms with Crippen LogP contribution in [0.15, 0.2) is 70.4 Å². The van der Waals surface area contributed by atoms with Gasteiger partial charge in [-0.25, -0.2) is 8.42 Å². The molecule has 144 valence electrons. The second-order valence-corrected chi connectivity index (χ2v) is 8.04. The third-order valence-electron chi connectivity index (χ3n) is 3.82. The minimum Gasteiger partial charge on any atom is -0.326 e. The molecule has 1 amide bonds. The van der Waals surface area contributed by atoms with Crippen LogP contribution in [-0.4, -0.2) is 19.3 Å². The van der Waals surface area contributed by atoms with Crippen LogP contribution in [0, 0.1) is 6.92 Å². The van der Waals surface area contributed by atoms with E-state index in [0.29, 0.717) is 5.69 Å². The molecule has 0 saturated carbocycles. The van der Waals surface area contributed by atoms with Crippen molar-refractivity contribution in [3.05, 3.63) is 87.3 Å². The first kappa shape index (κ1) is 19.7. The van der Waals surface area contributed by atoms with E-state index in [9.17, 15) is 18.0 Å². The highest BCUT2D eigenvalue weighted by molar-refractivity contribution is 7.92. The Labute approximate surface area is 166 Å². The van der Waals surface area contributed by atoms with Crippen molar-refractivity contribution < 1.29 is 13.2 Å².